The fourth-order valence-corrected chi connectivity index (χ4v) is 3.89. The Morgan fingerprint density at radius 3 is 2.55 bits per heavy atom. The number of allylic oxidation sites excluding steroid dienone is 3. The third-order valence-electron chi connectivity index (χ3n) is 5.49. The van der Waals surface area contributed by atoms with Gasteiger partial charge in [-0.05, 0) is 43.9 Å². The molecule has 0 atom stereocenters. The normalized spacial score (nSPS) is 20.0. The predicted octanol–water partition coefficient (Wildman–Crippen LogP) is 4.27. The van der Waals surface area contributed by atoms with Crippen LogP contribution in [0.4, 0.5) is 18.9 Å². The van der Waals surface area contributed by atoms with Gasteiger partial charge in [-0.25, -0.2) is 0 Å². The van der Waals surface area contributed by atoms with Gasteiger partial charge in [-0.2, -0.15) is 13.2 Å². The van der Waals surface area contributed by atoms with Crippen LogP contribution in [0.5, 0.6) is 11.5 Å². The maximum Gasteiger partial charge on any atom is 0.412 e. The van der Waals surface area contributed by atoms with Crippen LogP contribution in [0.3, 0.4) is 0 Å². The van der Waals surface area contributed by atoms with Crippen molar-refractivity contribution in [2.45, 2.75) is 31.9 Å². The third-order valence-corrected chi connectivity index (χ3v) is 5.49. The van der Waals surface area contributed by atoms with E-state index in [1.54, 1.807) is 18.2 Å². The number of nitrogens with zero attached hydrogens (tertiary/aromatic N) is 1. The molecular formula is C21H23F3N2O3. The monoisotopic (exact) mass is 408 g/mol. The summed E-state index contributed by atoms with van der Waals surface area (Å²) in [6.45, 7) is 2.11. The lowest BCUT2D eigenvalue weighted by Crippen LogP contribution is -2.38. The van der Waals surface area contributed by atoms with Crippen LogP contribution in [0.2, 0.25) is 0 Å². The molecule has 3 aliphatic rings. The van der Waals surface area contributed by atoms with Crippen LogP contribution in [0.25, 0.3) is 0 Å². The molecule has 156 valence electrons. The summed E-state index contributed by atoms with van der Waals surface area (Å²) in [6.07, 6.45) is 0.448. The number of fused-ring (bicyclic) bond motifs is 1. The summed E-state index contributed by atoms with van der Waals surface area (Å²) in [7, 11) is 0. The highest BCUT2D eigenvalue weighted by molar-refractivity contribution is 5.93. The third kappa shape index (κ3) is 4.52. The number of nitrogens with one attached hydrogen (secondary N) is 1. The number of carbonyl (C=O) groups excluding carboxylic acids is 1. The van der Waals surface area contributed by atoms with E-state index in [2.05, 4.69) is 5.32 Å². The smallest absolute Gasteiger partial charge is 0.412 e. The standard InChI is InChI=1S/C21H23F3N2O3/c22-21(23,24)15-2-1-3-17(12-15)26-8-6-14(7-9-26)20(27)25-16-4-5-18-19(13-16)29-11-10-28-18/h3-5,12-14H,1-2,6-11H2,(H,25,27). The zero-order valence-electron chi connectivity index (χ0n) is 15.9. The number of hydrogen-bond acceptors (Lipinski definition) is 4. The highest BCUT2D eigenvalue weighted by Gasteiger charge is 2.35. The van der Waals surface area contributed by atoms with Crippen LogP contribution >= 0.6 is 0 Å². The number of anilines is 1. The first-order valence-corrected chi connectivity index (χ1v) is 9.83. The maximum atomic E-state index is 13.0. The fraction of sp³-hybridized carbons (Fsp3) is 0.476. The number of likely N-dealkylation sites (tertiary alicyclic amines) is 1. The second-order valence-electron chi connectivity index (χ2n) is 7.44. The molecule has 0 radical (unpaired) electrons. The topological polar surface area (TPSA) is 50.8 Å². The number of hydrogen-bond donors (Lipinski definition) is 1. The summed E-state index contributed by atoms with van der Waals surface area (Å²) in [5.74, 6) is 1.02. The van der Waals surface area contributed by atoms with E-state index in [9.17, 15) is 18.0 Å². The molecule has 1 saturated heterocycles. The highest BCUT2D eigenvalue weighted by Crippen LogP contribution is 2.35. The number of halogens is 3. The number of rotatable bonds is 3. The van der Waals surface area contributed by atoms with Crippen LogP contribution in [0.1, 0.15) is 25.7 Å². The van der Waals surface area contributed by atoms with Gasteiger partial charge >= 0.3 is 6.18 Å². The highest BCUT2D eigenvalue weighted by atomic mass is 19.4. The lowest BCUT2D eigenvalue weighted by Gasteiger charge is -2.35. The molecular weight excluding hydrogens is 385 g/mol. The molecule has 1 aromatic carbocycles. The Balaban J connectivity index is 1.33. The van der Waals surface area contributed by atoms with E-state index >= 15 is 0 Å². The molecule has 1 N–H and O–H groups in total. The van der Waals surface area contributed by atoms with Gasteiger partial charge < -0.3 is 19.7 Å². The van der Waals surface area contributed by atoms with Crippen LogP contribution < -0.4 is 14.8 Å². The zero-order chi connectivity index (χ0) is 20.4. The van der Waals surface area contributed by atoms with Crippen molar-refractivity contribution in [3.8, 4) is 11.5 Å². The minimum absolute atomic E-state index is 0.0292. The SMILES string of the molecule is O=C(Nc1ccc2c(c1)OCCO2)C1CCN(C2=CCCC(C(F)(F)F)=C2)CC1. The number of alkyl halides is 3. The molecule has 0 spiro atoms. The molecule has 1 aromatic rings. The Labute approximate surface area is 167 Å². The van der Waals surface area contributed by atoms with E-state index < -0.39 is 11.7 Å². The van der Waals surface area contributed by atoms with E-state index in [1.807, 2.05) is 11.0 Å². The Kier molecular flexibility index (Phi) is 5.43. The summed E-state index contributed by atoms with van der Waals surface area (Å²) in [4.78, 5) is 14.6. The van der Waals surface area contributed by atoms with Gasteiger partial charge in [0, 0.05) is 42.0 Å². The Hall–Kier alpha value is -2.64. The molecule has 0 bridgehead atoms. The van der Waals surface area contributed by atoms with E-state index in [-0.39, 0.29) is 18.2 Å². The molecule has 0 aromatic heterocycles. The van der Waals surface area contributed by atoms with Crippen molar-refractivity contribution in [1.82, 2.24) is 4.90 Å². The van der Waals surface area contributed by atoms with Crippen molar-refractivity contribution in [3.05, 3.63) is 41.6 Å². The molecule has 0 unspecified atom stereocenters. The number of amides is 1. The van der Waals surface area contributed by atoms with E-state index in [4.69, 9.17) is 9.47 Å². The largest absolute Gasteiger partial charge is 0.486 e. The second-order valence-corrected chi connectivity index (χ2v) is 7.44. The molecule has 8 heteroatoms. The predicted molar refractivity (Wildman–Crippen MR) is 102 cm³/mol. The quantitative estimate of drug-likeness (QED) is 0.812. The van der Waals surface area contributed by atoms with Crippen molar-refractivity contribution in [2.24, 2.45) is 5.92 Å². The van der Waals surface area contributed by atoms with Gasteiger partial charge in [-0.3, -0.25) is 4.79 Å². The molecule has 2 aliphatic heterocycles. The lowest BCUT2D eigenvalue weighted by molar-refractivity contribution is -0.121. The summed E-state index contributed by atoms with van der Waals surface area (Å²) in [5, 5.41) is 2.91. The molecule has 5 nitrogen and oxygen atoms in total. The van der Waals surface area contributed by atoms with Gasteiger partial charge in [0.1, 0.15) is 13.2 Å². The summed E-state index contributed by atoms with van der Waals surface area (Å²) >= 11 is 0. The minimum atomic E-state index is -4.28. The Morgan fingerprint density at radius 1 is 1.10 bits per heavy atom. The van der Waals surface area contributed by atoms with Gasteiger partial charge in [0.05, 0.1) is 0 Å². The first kappa shape index (κ1) is 19.7. The van der Waals surface area contributed by atoms with Gasteiger partial charge in [-0.1, -0.05) is 6.08 Å². The average molecular weight is 408 g/mol. The molecule has 29 heavy (non-hydrogen) atoms. The molecule has 2 heterocycles. The maximum absolute atomic E-state index is 13.0. The van der Waals surface area contributed by atoms with Crippen molar-refractivity contribution in [1.29, 1.82) is 0 Å². The summed E-state index contributed by atoms with van der Waals surface area (Å²) in [6, 6.07) is 5.29. The van der Waals surface area contributed by atoms with Crippen molar-refractivity contribution in [3.63, 3.8) is 0 Å². The minimum Gasteiger partial charge on any atom is -0.486 e. The van der Waals surface area contributed by atoms with E-state index in [0.29, 0.717) is 68.4 Å². The first-order valence-electron chi connectivity index (χ1n) is 9.83. The van der Waals surface area contributed by atoms with Crippen molar-refractivity contribution >= 4 is 11.6 Å². The first-order chi connectivity index (χ1) is 13.9. The summed E-state index contributed by atoms with van der Waals surface area (Å²) < 4.78 is 49.9. The molecule has 1 amide bonds. The zero-order valence-corrected chi connectivity index (χ0v) is 15.9. The molecule has 0 saturated carbocycles. The second kappa shape index (κ2) is 8.00. The van der Waals surface area contributed by atoms with E-state index in [0.717, 1.165) is 0 Å². The van der Waals surface area contributed by atoms with Crippen LogP contribution in [0, 0.1) is 5.92 Å². The number of carbonyl (C=O) groups is 1. The summed E-state index contributed by atoms with van der Waals surface area (Å²) in [5.41, 5.74) is 0.789. The van der Waals surface area contributed by atoms with Gasteiger partial charge in [0.25, 0.3) is 0 Å². The average Bonchev–Trinajstić information content (AvgIpc) is 2.73. The number of piperidine rings is 1. The van der Waals surface area contributed by atoms with Gasteiger partial charge in [-0.15, -0.1) is 0 Å². The van der Waals surface area contributed by atoms with E-state index in [1.165, 1.54) is 6.08 Å². The van der Waals surface area contributed by atoms with Gasteiger partial charge in [0.15, 0.2) is 11.5 Å². The Morgan fingerprint density at radius 2 is 1.83 bits per heavy atom. The van der Waals surface area contributed by atoms with Crippen molar-refractivity contribution in [2.75, 3.05) is 31.6 Å². The van der Waals surface area contributed by atoms with Gasteiger partial charge in [0.2, 0.25) is 5.91 Å². The van der Waals surface area contributed by atoms with Crippen LogP contribution in [-0.4, -0.2) is 43.3 Å². The molecule has 4 rings (SSSR count). The van der Waals surface area contributed by atoms with Crippen molar-refractivity contribution < 1.29 is 27.4 Å². The molecule has 1 aliphatic carbocycles. The molecule has 1 fully saturated rings. The number of benzene rings is 1. The van der Waals surface area contributed by atoms with Crippen LogP contribution in [-0.2, 0) is 4.79 Å². The lowest BCUT2D eigenvalue weighted by atomic mass is 9.94. The van der Waals surface area contributed by atoms with Crippen LogP contribution in [0.15, 0.2) is 41.6 Å². The number of ether oxygens (including phenoxy) is 2. The fourth-order valence-electron chi connectivity index (χ4n) is 3.89. The Bertz CT molecular complexity index is 840.